The summed E-state index contributed by atoms with van der Waals surface area (Å²) in [6, 6.07) is 7.36. The molecule has 1 aromatic carbocycles. The van der Waals surface area contributed by atoms with E-state index in [0.717, 1.165) is 25.0 Å². The van der Waals surface area contributed by atoms with Gasteiger partial charge in [0.1, 0.15) is 6.04 Å². The number of nitrogens with one attached hydrogen (secondary N) is 1. The Hall–Kier alpha value is -1.49. The molecule has 2 N–H and O–H groups in total. The lowest BCUT2D eigenvalue weighted by Gasteiger charge is -2.21. The second-order valence-corrected chi connectivity index (χ2v) is 9.26. The minimum absolute atomic E-state index is 0.116. The standard InChI is InChI=1S/C25H41NO3S/c1-4-5-6-7-8-9-10-11-16-22(19-21-15-13-12-14-20(21)2)24(27)26-23(25(28)29)17-18-30-3/h12-15,22-23H,4-11,16-19H2,1-3H3,(H,26,27)(H,28,29). The Morgan fingerprint density at radius 3 is 2.23 bits per heavy atom. The highest BCUT2D eigenvalue weighted by atomic mass is 32.2. The molecule has 0 aliphatic carbocycles. The van der Waals surface area contributed by atoms with Crippen molar-refractivity contribution in [1.82, 2.24) is 5.32 Å². The predicted molar refractivity (Wildman–Crippen MR) is 128 cm³/mol. The second-order valence-electron chi connectivity index (χ2n) is 8.27. The van der Waals surface area contributed by atoms with Gasteiger partial charge in [-0.1, -0.05) is 82.6 Å². The monoisotopic (exact) mass is 435 g/mol. The molecule has 5 heteroatoms. The molecule has 4 nitrogen and oxygen atoms in total. The number of unbranched alkanes of at least 4 members (excludes halogenated alkanes) is 7. The highest BCUT2D eigenvalue weighted by molar-refractivity contribution is 7.98. The zero-order chi connectivity index (χ0) is 22.2. The summed E-state index contributed by atoms with van der Waals surface area (Å²) < 4.78 is 0. The highest BCUT2D eigenvalue weighted by Crippen LogP contribution is 2.20. The van der Waals surface area contributed by atoms with Gasteiger partial charge in [-0.2, -0.15) is 11.8 Å². The number of hydrogen-bond acceptors (Lipinski definition) is 3. The number of carbonyl (C=O) groups is 2. The first-order valence-corrected chi connectivity index (χ1v) is 13.0. The number of carboxylic acid groups (broad SMARTS) is 1. The van der Waals surface area contributed by atoms with Crippen LogP contribution in [0.5, 0.6) is 0 Å². The molecule has 2 atom stereocenters. The van der Waals surface area contributed by atoms with E-state index < -0.39 is 12.0 Å². The van der Waals surface area contributed by atoms with Gasteiger partial charge in [-0.3, -0.25) is 4.79 Å². The summed E-state index contributed by atoms with van der Waals surface area (Å²) in [5, 5.41) is 12.3. The summed E-state index contributed by atoms with van der Waals surface area (Å²) >= 11 is 1.60. The Kier molecular flexibility index (Phi) is 14.4. The number of hydrogen-bond donors (Lipinski definition) is 2. The van der Waals surface area contributed by atoms with Crippen LogP contribution in [0.2, 0.25) is 0 Å². The lowest BCUT2D eigenvalue weighted by Crippen LogP contribution is -2.44. The van der Waals surface area contributed by atoms with Gasteiger partial charge in [-0.25, -0.2) is 4.79 Å². The molecule has 0 heterocycles. The van der Waals surface area contributed by atoms with E-state index in [1.807, 2.05) is 18.4 Å². The normalized spacial score (nSPS) is 13.0. The second kappa shape index (κ2) is 16.2. The zero-order valence-corrected chi connectivity index (χ0v) is 19.9. The molecule has 0 aliphatic rings. The third kappa shape index (κ3) is 11.1. The molecule has 0 spiro atoms. The lowest BCUT2D eigenvalue weighted by atomic mass is 9.90. The van der Waals surface area contributed by atoms with Crippen LogP contribution >= 0.6 is 11.8 Å². The molecule has 0 aromatic heterocycles. The highest BCUT2D eigenvalue weighted by Gasteiger charge is 2.25. The molecule has 0 aliphatic heterocycles. The molecular formula is C25H41NO3S. The number of aliphatic carboxylic acids is 1. The minimum atomic E-state index is -0.945. The predicted octanol–water partition coefficient (Wildman–Crippen LogP) is 6.01. The van der Waals surface area contributed by atoms with Crippen molar-refractivity contribution < 1.29 is 14.7 Å². The van der Waals surface area contributed by atoms with Crippen molar-refractivity contribution in [2.24, 2.45) is 5.92 Å². The van der Waals surface area contributed by atoms with E-state index in [9.17, 15) is 14.7 Å². The van der Waals surface area contributed by atoms with Crippen LogP contribution in [0.1, 0.15) is 82.3 Å². The number of amides is 1. The lowest BCUT2D eigenvalue weighted by molar-refractivity contribution is -0.142. The van der Waals surface area contributed by atoms with E-state index in [-0.39, 0.29) is 11.8 Å². The summed E-state index contributed by atoms with van der Waals surface area (Å²) in [5.41, 5.74) is 2.36. The molecule has 0 saturated heterocycles. The number of benzene rings is 1. The largest absolute Gasteiger partial charge is 0.480 e. The molecule has 1 rings (SSSR count). The van der Waals surface area contributed by atoms with Gasteiger partial charge in [0, 0.05) is 5.92 Å². The topological polar surface area (TPSA) is 66.4 Å². The molecule has 170 valence electrons. The van der Waals surface area contributed by atoms with Crippen LogP contribution < -0.4 is 5.32 Å². The van der Waals surface area contributed by atoms with E-state index in [4.69, 9.17) is 0 Å². The molecule has 1 aromatic rings. The fourth-order valence-electron chi connectivity index (χ4n) is 3.74. The van der Waals surface area contributed by atoms with Crippen molar-refractivity contribution in [2.75, 3.05) is 12.0 Å². The average Bonchev–Trinajstić information content (AvgIpc) is 2.73. The molecular weight excluding hydrogens is 394 g/mol. The summed E-state index contributed by atoms with van der Waals surface area (Å²) in [5.74, 6) is -0.520. The molecule has 2 unspecified atom stereocenters. The zero-order valence-electron chi connectivity index (χ0n) is 19.1. The van der Waals surface area contributed by atoms with Gasteiger partial charge in [0.05, 0.1) is 0 Å². The maximum atomic E-state index is 13.0. The van der Waals surface area contributed by atoms with Gasteiger partial charge in [0.25, 0.3) is 0 Å². The first-order chi connectivity index (χ1) is 14.5. The van der Waals surface area contributed by atoms with Gasteiger partial charge in [0.2, 0.25) is 5.91 Å². The maximum Gasteiger partial charge on any atom is 0.326 e. The van der Waals surface area contributed by atoms with Gasteiger partial charge >= 0.3 is 5.97 Å². The fraction of sp³-hybridized carbons (Fsp3) is 0.680. The van der Waals surface area contributed by atoms with Crippen molar-refractivity contribution >= 4 is 23.6 Å². The van der Waals surface area contributed by atoms with Crippen LogP contribution in [0.25, 0.3) is 0 Å². The minimum Gasteiger partial charge on any atom is -0.480 e. The van der Waals surface area contributed by atoms with Crippen LogP contribution in [0.3, 0.4) is 0 Å². The Bertz CT molecular complexity index is 620. The van der Waals surface area contributed by atoms with E-state index in [2.05, 4.69) is 31.3 Å². The van der Waals surface area contributed by atoms with Crippen molar-refractivity contribution in [2.45, 2.75) is 90.5 Å². The molecule has 0 bridgehead atoms. The third-order valence-corrected chi connectivity index (χ3v) is 6.37. The van der Waals surface area contributed by atoms with Crippen LogP contribution in [0, 0.1) is 12.8 Å². The molecule has 1 amide bonds. The van der Waals surface area contributed by atoms with Gasteiger partial charge < -0.3 is 10.4 Å². The number of aryl methyl sites for hydroxylation is 1. The smallest absolute Gasteiger partial charge is 0.326 e. The third-order valence-electron chi connectivity index (χ3n) is 5.73. The van der Waals surface area contributed by atoms with E-state index in [1.165, 1.54) is 49.7 Å². The number of thioether (sulfide) groups is 1. The molecule has 30 heavy (non-hydrogen) atoms. The molecule has 0 radical (unpaired) electrons. The Morgan fingerprint density at radius 1 is 1.00 bits per heavy atom. The quantitative estimate of drug-likeness (QED) is 0.294. The summed E-state index contributed by atoms with van der Waals surface area (Å²) in [4.78, 5) is 24.6. The van der Waals surface area contributed by atoms with E-state index in [1.54, 1.807) is 11.8 Å². The fourth-order valence-corrected chi connectivity index (χ4v) is 4.21. The van der Waals surface area contributed by atoms with Gasteiger partial charge in [-0.15, -0.1) is 0 Å². The van der Waals surface area contributed by atoms with Gasteiger partial charge in [-0.05, 0) is 49.3 Å². The SMILES string of the molecule is CCCCCCCCCCC(Cc1ccccc1C)C(=O)NC(CCSC)C(=O)O. The Morgan fingerprint density at radius 2 is 1.63 bits per heavy atom. The van der Waals surface area contributed by atoms with Crippen LogP contribution in [-0.4, -0.2) is 35.0 Å². The Balaban J connectivity index is 2.64. The first kappa shape index (κ1) is 26.5. The number of carboxylic acids is 1. The van der Waals surface area contributed by atoms with Crippen molar-refractivity contribution in [3.05, 3.63) is 35.4 Å². The summed E-state index contributed by atoms with van der Waals surface area (Å²) in [6.07, 6.45) is 13.7. The van der Waals surface area contributed by atoms with E-state index >= 15 is 0 Å². The summed E-state index contributed by atoms with van der Waals surface area (Å²) in [7, 11) is 0. The number of rotatable bonds is 17. The summed E-state index contributed by atoms with van der Waals surface area (Å²) in [6.45, 7) is 4.30. The van der Waals surface area contributed by atoms with Crippen LogP contribution in [-0.2, 0) is 16.0 Å². The Labute approximate surface area is 187 Å². The molecule has 0 saturated carbocycles. The van der Waals surface area contributed by atoms with Crippen LogP contribution in [0.15, 0.2) is 24.3 Å². The van der Waals surface area contributed by atoms with Crippen molar-refractivity contribution in [3.63, 3.8) is 0 Å². The van der Waals surface area contributed by atoms with Crippen LogP contribution in [0.4, 0.5) is 0 Å². The first-order valence-electron chi connectivity index (χ1n) is 11.6. The number of carbonyl (C=O) groups excluding carboxylic acids is 1. The van der Waals surface area contributed by atoms with E-state index in [0.29, 0.717) is 12.8 Å². The average molecular weight is 436 g/mol. The maximum absolute atomic E-state index is 13.0. The van der Waals surface area contributed by atoms with Crippen molar-refractivity contribution in [1.29, 1.82) is 0 Å². The molecule has 0 fully saturated rings. The van der Waals surface area contributed by atoms with Crippen molar-refractivity contribution in [3.8, 4) is 0 Å². The van der Waals surface area contributed by atoms with Gasteiger partial charge in [0.15, 0.2) is 0 Å².